The first-order valence-electron chi connectivity index (χ1n) is 13.0. The predicted octanol–water partition coefficient (Wildman–Crippen LogP) is 5.80. The van der Waals surface area contributed by atoms with Gasteiger partial charge in [-0.15, -0.1) is 19.8 Å². The highest BCUT2D eigenvalue weighted by molar-refractivity contribution is 5.96. The lowest BCUT2D eigenvalue weighted by atomic mass is 9.55. The van der Waals surface area contributed by atoms with Crippen LogP contribution in [-0.4, -0.2) is 56.2 Å². The van der Waals surface area contributed by atoms with E-state index in [9.17, 15) is 18.0 Å². The van der Waals surface area contributed by atoms with E-state index in [0.29, 0.717) is 30.8 Å². The summed E-state index contributed by atoms with van der Waals surface area (Å²) in [6.45, 7) is 4.75. The third kappa shape index (κ3) is 6.15. The summed E-state index contributed by atoms with van der Waals surface area (Å²) < 4.78 is 56.0. The Labute approximate surface area is 227 Å². The van der Waals surface area contributed by atoms with Gasteiger partial charge in [0.15, 0.2) is 5.76 Å². The molecule has 6 nitrogen and oxygen atoms in total. The van der Waals surface area contributed by atoms with Crippen LogP contribution in [0, 0.1) is 0 Å². The van der Waals surface area contributed by atoms with Crippen molar-refractivity contribution in [3.63, 3.8) is 0 Å². The van der Waals surface area contributed by atoms with Crippen molar-refractivity contribution in [3.05, 3.63) is 84.1 Å². The van der Waals surface area contributed by atoms with Gasteiger partial charge in [0.25, 0.3) is 5.91 Å². The Morgan fingerprint density at radius 2 is 1.87 bits per heavy atom. The number of amides is 1. The molecule has 0 aromatic heterocycles. The Bertz CT molecular complexity index is 1190. The molecule has 0 radical (unpaired) electrons. The third-order valence-electron chi connectivity index (χ3n) is 7.97. The minimum absolute atomic E-state index is 0.414. The molecule has 2 aromatic carbocycles. The maximum Gasteiger partial charge on any atom is 0.573 e. The van der Waals surface area contributed by atoms with Crippen LogP contribution in [0.1, 0.15) is 43.2 Å². The molecule has 2 aliphatic rings. The molecule has 1 heterocycles. The quantitative estimate of drug-likeness (QED) is 0.246. The summed E-state index contributed by atoms with van der Waals surface area (Å²) in [5.74, 6) is -1.06. The summed E-state index contributed by atoms with van der Waals surface area (Å²) in [6, 6.07) is 16.1. The van der Waals surface area contributed by atoms with E-state index in [2.05, 4.69) is 16.6 Å². The van der Waals surface area contributed by atoms with Crippen LogP contribution in [0.5, 0.6) is 5.75 Å². The van der Waals surface area contributed by atoms with Crippen LogP contribution in [0.2, 0.25) is 0 Å². The summed E-state index contributed by atoms with van der Waals surface area (Å²) in [5, 5.41) is 2.85. The molecule has 3 atom stereocenters. The van der Waals surface area contributed by atoms with Gasteiger partial charge in [-0.2, -0.15) is 0 Å². The van der Waals surface area contributed by atoms with Gasteiger partial charge in [-0.1, -0.05) is 61.4 Å². The van der Waals surface area contributed by atoms with E-state index in [1.807, 2.05) is 29.2 Å². The molecule has 2 aromatic rings. The predicted molar refractivity (Wildman–Crippen MR) is 143 cm³/mol. The fourth-order valence-corrected chi connectivity index (χ4v) is 6.22. The summed E-state index contributed by atoms with van der Waals surface area (Å²) in [5.41, 5.74) is 0.371. The molecule has 2 fully saturated rings. The van der Waals surface area contributed by atoms with Gasteiger partial charge >= 0.3 is 6.36 Å². The normalized spacial score (nSPS) is 25.9. The van der Waals surface area contributed by atoms with Gasteiger partial charge in [0.05, 0.1) is 18.9 Å². The third-order valence-corrected chi connectivity index (χ3v) is 7.97. The lowest BCUT2D eigenvalue weighted by molar-refractivity contribution is -0.304. The number of ether oxygens (including phenoxy) is 3. The lowest BCUT2D eigenvalue weighted by Gasteiger charge is -2.60. The van der Waals surface area contributed by atoms with Crippen LogP contribution in [0.25, 0.3) is 6.08 Å². The fraction of sp³-hybridized carbons (Fsp3) is 0.433. The van der Waals surface area contributed by atoms with Gasteiger partial charge in [0.2, 0.25) is 0 Å². The summed E-state index contributed by atoms with van der Waals surface area (Å²) in [4.78, 5) is 15.4. The zero-order valence-electron chi connectivity index (χ0n) is 22.3. The number of halogens is 3. The van der Waals surface area contributed by atoms with Crippen molar-refractivity contribution in [2.24, 2.45) is 0 Å². The van der Waals surface area contributed by atoms with E-state index in [1.165, 1.54) is 0 Å². The number of methoxy groups -OCH3 is 2. The highest BCUT2D eigenvalue weighted by atomic mass is 19.4. The number of hydrogen-bond acceptors (Lipinski definition) is 5. The zero-order chi connectivity index (χ0) is 28.1. The largest absolute Gasteiger partial charge is 0.573 e. The van der Waals surface area contributed by atoms with Crippen LogP contribution in [0.4, 0.5) is 13.2 Å². The van der Waals surface area contributed by atoms with Gasteiger partial charge in [0, 0.05) is 25.6 Å². The summed E-state index contributed by atoms with van der Waals surface area (Å²) in [7, 11) is 3.32. The molecule has 4 rings (SSSR count). The van der Waals surface area contributed by atoms with Crippen molar-refractivity contribution in [1.29, 1.82) is 0 Å². The first-order chi connectivity index (χ1) is 18.6. The number of hydrogen-bond donors (Lipinski definition) is 1. The Morgan fingerprint density at radius 3 is 2.54 bits per heavy atom. The molecule has 1 unspecified atom stereocenters. The Kier molecular flexibility index (Phi) is 8.71. The van der Waals surface area contributed by atoms with Crippen molar-refractivity contribution < 1.29 is 32.2 Å². The minimum atomic E-state index is -5.03. The topological polar surface area (TPSA) is 60.0 Å². The molecule has 0 spiro atoms. The van der Waals surface area contributed by atoms with Crippen molar-refractivity contribution in [1.82, 2.24) is 10.2 Å². The van der Waals surface area contributed by atoms with Crippen molar-refractivity contribution in [2.45, 2.75) is 55.6 Å². The van der Waals surface area contributed by atoms with E-state index in [-0.39, 0.29) is 0 Å². The Balaban J connectivity index is 1.73. The van der Waals surface area contributed by atoms with Gasteiger partial charge in [0.1, 0.15) is 5.75 Å². The molecule has 1 saturated heterocycles. The van der Waals surface area contributed by atoms with Crippen molar-refractivity contribution in [3.8, 4) is 5.75 Å². The van der Waals surface area contributed by atoms with Crippen LogP contribution in [-0.2, 0) is 19.7 Å². The number of alkyl halides is 3. The molecule has 9 heteroatoms. The molecule has 0 bridgehead atoms. The highest BCUT2D eigenvalue weighted by Crippen LogP contribution is 2.54. The molecule has 210 valence electrons. The second kappa shape index (κ2) is 11.8. The maximum absolute atomic E-state index is 13.4. The number of likely N-dealkylation sites (tertiary alicyclic amines) is 1. The molecule has 1 N–H and O–H groups in total. The van der Waals surface area contributed by atoms with Crippen molar-refractivity contribution >= 4 is 12.0 Å². The Hall–Kier alpha value is -3.30. The Morgan fingerprint density at radius 1 is 1.13 bits per heavy atom. The fourth-order valence-electron chi connectivity index (χ4n) is 6.22. The second-order valence-corrected chi connectivity index (χ2v) is 10.1. The average molecular weight is 545 g/mol. The van der Waals surface area contributed by atoms with Crippen LogP contribution in [0.15, 0.2) is 73.0 Å². The van der Waals surface area contributed by atoms with E-state index < -0.39 is 35.2 Å². The number of nitrogens with one attached hydrogen (secondary N) is 1. The second-order valence-electron chi connectivity index (χ2n) is 10.1. The van der Waals surface area contributed by atoms with Crippen molar-refractivity contribution in [2.75, 3.05) is 27.3 Å². The zero-order valence-corrected chi connectivity index (χ0v) is 22.3. The maximum atomic E-state index is 13.4. The van der Waals surface area contributed by atoms with Gasteiger partial charge in [-0.25, -0.2) is 0 Å². The minimum Gasteiger partial charge on any atom is -0.497 e. The number of piperidine rings is 1. The molecule has 1 amide bonds. The highest BCUT2D eigenvalue weighted by Gasteiger charge is 2.59. The summed E-state index contributed by atoms with van der Waals surface area (Å²) in [6.07, 6.45) is 1.18. The number of carbonyl (C=O) groups excluding carboxylic acids is 1. The van der Waals surface area contributed by atoms with E-state index in [0.717, 1.165) is 37.3 Å². The monoisotopic (exact) mass is 544 g/mol. The number of nitrogens with zero attached hydrogens (tertiary/aromatic N) is 1. The molecular formula is C30H35F3N2O4. The van der Waals surface area contributed by atoms with E-state index in [4.69, 9.17) is 9.47 Å². The van der Waals surface area contributed by atoms with E-state index in [1.54, 1.807) is 50.6 Å². The van der Waals surface area contributed by atoms with Crippen LogP contribution in [0.3, 0.4) is 0 Å². The smallest absolute Gasteiger partial charge is 0.497 e. The van der Waals surface area contributed by atoms with E-state index >= 15 is 0 Å². The number of benzene rings is 2. The van der Waals surface area contributed by atoms with Crippen LogP contribution < -0.4 is 10.1 Å². The number of carbonyl (C=O) groups is 1. The molecule has 1 aliphatic carbocycles. The summed E-state index contributed by atoms with van der Waals surface area (Å²) >= 11 is 0. The number of rotatable bonds is 9. The standard InChI is InChI=1S/C30H35F3N2O4/c1-4-17-35-21-29(38-3)16-9-8-15-28(29,23-13-10-14-24(19-23)37-2)20-26(35)34-27(36)25(39-30(31,32)33)18-22-11-6-5-7-12-22/h4-7,10-14,18-19,26H,1,8-9,15-17,20-21H2,2-3H3,(H,34,36)/t26-,28-,29?/m0/s1. The molecular weight excluding hydrogens is 509 g/mol. The SMILES string of the molecule is C=CCN1CC2(OC)CCCC[C@@]2(c2cccc(OC)c2)C[C@H]1NC(=O)C(=Cc1ccccc1)OC(F)(F)F. The molecule has 1 saturated carbocycles. The van der Waals surface area contributed by atoms with Gasteiger partial charge in [-0.3, -0.25) is 9.69 Å². The lowest BCUT2D eigenvalue weighted by Crippen LogP contribution is -2.70. The average Bonchev–Trinajstić information content (AvgIpc) is 2.93. The van der Waals surface area contributed by atoms with Crippen LogP contribution >= 0.6 is 0 Å². The van der Waals surface area contributed by atoms with Gasteiger partial charge in [-0.05, 0) is 48.6 Å². The molecule has 1 aliphatic heterocycles. The first kappa shape index (κ1) is 28.7. The first-order valence-corrected chi connectivity index (χ1v) is 13.0. The van der Waals surface area contributed by atoms with Gasteiger partial charge < -0.3 is 19.5 Å². The number of fused-ring (bicyclic) bond motifs is 1. The molecule has 39 heavy (non-hydrogen) atoms.